The first kappa shape index (κ1) is 12.2. The molecule has 2 aromatic rings. The highest BCUT2D eigenvalue weighted by atomic mass is 16.5. The maximum absolute atomic E-state index is 11.1. The predicted molar refractivity (Wildman–Crippen MR) is 68.7 cm³/mol. The first-order chi connectivity index (χ1) is 8.69. The van der Waals surface area contributed by atoms with E-state index in [1.54, 1.807) is 19.1 Å². The van der Waals surface area contributed by atoms with Crippen molar-refractivity contribution in [1.29, 1.82) is 0 Å². The Morgan fingerprint density at radius 1 is 1.56 bits per heavy atom. The van der Waals surface area contributed by atoms with Crippen LogP contribution in [-0.2, 0) is 9.53 Å². The Morgan fingerprint density at radius 2 is 2.39 bits per heavy atom. The Bertz CT molecular complexity index is 587. The molecule has 0 aliphatic carbocycles. The van der Waals surface area contributed by atoms with E-state index >= 15 is 0 Å². The van der Waals surface area contributed by atoms with Gasteiger partial charge >= 0.3 is 5.97 Å². The lowest BCUT2D eigenvalue weighted by molar-refractivity contribution is -0.142. The molecule has 18 heavy (non-hydrogen) atoms. The zero-order chi connectivity index (χ0) is 13.0. The summed E-state index contributed by atoms with van der Waals surface area (Å²) in [5.41, 5.74) is 7.74. The summed E-state index contributed by atoms with van der Waals surface area (Å²) < 4.78 is 9.99. The molecule has 0 unspecified atom stereocenters. The predicted octanol–water partition coefficient (Wildman–Crippen LogP) is 2.38. The Morgan fingerprint density at radius 3 is 3.17 bits per heavy atom. The number of oxazole rings is 1. The van der Waals surface area contributed by atoms with Crippen molar-refractivity contribution >= 4 is 29.2 Å². The molecule has 0 fully saturated rings. The number of esters is 1. The molecular formula is C13H14N2O3. The number of nitrogens with zero attached hydrogens (tertiary/aromatic N) is 1. The highest BCUT2D eigenvalue weighted by molar-refractivity contribution is 5.78. The minimum absolute atomic E-state index is 0.151. The van der Waals surface area contributed by atoms with Crippen molar-refractivity contribution in [2.45, 2.75) is 13.3 Å². The summed E-state index contributed by atoms with van der Waals surface area (Å²) in [5.74, 6) is -0.236. The zero-order valence-electron chi connectivity index (χ0n) is 10.1. The van der Waals surface area contributed by atoms with Crippen LogP contribution in [0.4, 0.5) is 6.01 Å². The van der Waals surface area contributed by atoms with Crippen LogP contribution in [0, 0.1) is 0 Å². The summed E-state index contributed by atoms with van der Waals surface area (Å²) in [6.45, 7) is 2.18. The standard InChI is InChI=1S/C13H14N2O3/c1-2-17-12(16)5-3-4-9-6-7-11-10(8-9)15-13(14)18-11/h3-4,6-8H,2,5H2,1H3,(H2,14,15). The number of hydrogen-bond donors (Lipinski definition) is 1. The molecule has 5 heteroatoms. The number of rotatable bonds is 4. The average Bonchev–Trinajstić information content (AvgIpc) is 2.69. The van der Waals surface area contributed by atoms with Crippen LogP contribution in [0.5, 0.6) is 0 Å². The van der Waals surface area contributed by atoms with Gasteiger partial charge in [-0.1, -0.05) is 18.2 Å². The second-order valence-corrected chi connectivity index (χ2v) is 3.69. The van der Waals surface area contributed by atoms with Crippen LogP contribution in [0.15, 0.2) is 28.7 Å². The van der Waals surface area contributed by atoms with E-state index < -0.39 is 0 Å². The second-order valence-electron chi connectivity index (χ2n) is 3.69. The molecule has 0 bridgehead atoms. The summed E-state index contributed by atoms with van der Waals surface area (Å²) in [6.07, 6.45) is 3.84. The number of benzene rings is 1. The quantitative estimate of drug-likeness (QED) is 0.838. The van der Waals surface area contributed by atoms with E-state index in [0.29, 0.717) is 17.7 Å². The van der Waals surface area contributed by atoms with E-state index in [0.717, 1.165) is 5.56 Å². The van der Waals surface area contributed by atoms with Gasteiger partial charge in [-0.25, -0.2) is 0 Å². The third-order valence-electron chi connectivity index (χ3n) is 2.33. The molecule has 0 saturated carbocycles. The maximum atomic E-state index is 11.1. The number of anilines is 1. The van der Waals surface area contributed by atoms with Gasteiger partial charge < -0.3 is 14.9 Å². The zero-order valence-corrected chi connectivity index (χ0v) is 10.1. The molecule has 2 rings (SSSR count). The topological polar surface area (TPSA) is 78.3 Å². The molecule has 0 amide bonds. The molecule has 0 atom stereocenters. The first-order valence-electron chi connectivity index (χ1n) is 5.67. The number of nitrogens with two attached hydrogens (primary N) is 1. The number of carbonyl (C=O) groups is 1. The Kier molecular flexibility index (Phi) is 3.62. The smallest absolute Gasteiger partial charge is 0.309 e. The third kappa shape index (κ3) is 2.88. The highest BCUT2D eigenvalue weighted by Gasteiger charge is 2.02. The number of hydrogen-bond acceptors (Lipinski definition) is 5. The first-order valence-corrected chi connectivity index (χ1v) is 5.67. The summed E-state index contributed by atoms with van der Waals surface area (Å²) in [5, 5.41) is 0. The van der Waals surface area contributed by atoms with Gasteiger partial charge in [-0.2, -0.15) is 4.98 Å². The Hall–Kier alpha value is -2.30. The number of ether oxygens (including phenoxy) is 1. The SMILES string of the molecule is CCOC(=O)CC=Cc1ccc2oc(N)nc2c1. The molecule has 0 radical (unpaired) electrons. The lowest BCUT2D eigenvalue weighted by atomic mass is 10.2. The third-order valence-corrected chi connectivity index (χ3v) is 2.33. The fourth-order valence-corrected chi connectivity index (χ4v) is 1.58. The molecule has 0 aliphatic rings. The summed E-state index contributed by atoms with van der Waals surface area (Å²) in [4.78, 5) is 15.2. The van der Waals surface area contributed by atoms with E-state index in [-0.39, 0.29) is 18.4 Å². The van der Waals surface area contributed by atoms with E-state index in [9.17, 15) is 4.79 Å². The normalized spacial score (nSPS) is 11.2. The van der Waals surface area contributed by atoms with Crippen molar-refractivity contribution in [3.8, 4) is 0 Å². The maximum Gasteiger partial charge on any atom is 0.309 e. The van der Waals surface area contributed by atoms with Gasteiger partial charge in [0, 0.05) is 0 Å². The summed E-state index contributed by atoms with van der Waals surface area (Å²) >= 11 is 0. The summed E-state index contributed by atoms with van der Waals surface area (Å²) in [7, 11) is 0. The molecule has 1 aromatic heterocycles. The van der Waals surface area contributed by atoms with Crippen molar-refractivity contribution in [2.24, 2.45) is 0 Å². The van der Waals surface area contributed by atoms with Gasteiger partial charge in [0.2, 0.25) is 0 Å². The molecule has 2 N–H and O–H groups in total. The Labute approximate surface area is 104 Å². The molecule has 94 valence electrons. The summed E-state index contributed by atoms with van der Waals surface area (Å²) in [6, 6.07) is 5.66. The van der Waals surface area contributed by atoms with Gasteiger partial charge in [0.05, 0.1) is 13.0 Å². The van der Waals surface area contributed by atoms with Crippen molar-refractivity contribution in [3.05, 3.63) is 29.8 Å². The number of carbonyl (C=O) groups excluding carboxylic acids is 1. The molecule has 5 nitrogen and oxygen atoms in total. The molecule has 0 saturated heterocycles. The van der Waals surface area contributed by atoms with Gasteiger partial charge in [-0.05, 0) is 24.6 Å². The second kappa shape index (κ2) is 5.35. The van der Waals surface area contributed by atoms with E-state index in [1.165, 1.54) is 0 Å². The molecule has 1 aromatic carbocycles. The van der Waals surface area contributed by atoms with Crippen LogP contribution in [-0.4, -0.2) is 17.6 Å². The van der Waals surface area contributed by atoms with Gasteiger partial charge in [0.1, 0.15) is 5.52 Å². The van der Waals surface area contributed by atoms with Crippen LogP contribution >= 0.6 is 0 Å². The van der Waals surface area contributed by atoms with Crippen LogP contribution in [0.2, 0.25) is 0 Å². The van der Waals surface area contributed by atoms with Crippen molar-refractivity contribution in [1.82, 2.24) is 4.98 Å². The average molecular weight is 246 g/mol. The highest BCUT2D eigenvalue weighted by Crippen LogP contribution is 2.18. The largest absolute Gasteiger partial charge is 0.466 e. The van der Waals surface area contributed by atoms with Crippen LogP contribution in [0.25, 0.3) is 17.2 Å². The monoisotopic (exact) mass is 246 g/mol. The molecule has 1 heterocycles. The van der Waals surface area contributed by atoms with Crippen molar-refractivity contribution in [2.75, 3.05) is 12.3 Å². The van der Waals surface area contributed by atoms with Crippen molar-refractivity contribution < 1.29 is 13.9 Å². The van der Waals surface area contributed by atoms with Crippen LogP contribution in [0.1, 0.15) is 18.9 Å². The minimum atomic E-state index is -0.236. The number of aromatic nitrogens is 1. The lowest BCUT2D eigenvalue weighted by Crippen LogP contribution is -2.01. The molecule has 0 spiro atoms. The van der Waals surface area contributed by atoms with Gasteiger partial charge in [-0.15, -0.1) is 0 Å². The fraction of sp³-hybridized carbons (Fsp3) is 0.231. The fourth-order valence-electron chi connectivity index (χ4n) is 1.58. The van der Waals surface area contributed by atoms with Gasteiger partial charge in [-0.3, -0.25) is 4.79 Å². The van der Waals surface area contributed by atoms with E-state index in [4.69, 9.17) is 14.9 Å². The lowest BCUT2D eigenvalue weighted by Gasteiger charge is -1.96. The minimum Gasteiger partial charge on any atom is -0.466 e. The van der Waals surface area contributed by atoms with Crippen LogP contribution in [0.3, 0.4) is 0 Å². The van der Waals surface area contributed by atoms with Gasteiger partial charge in [0.15, 0.2) is 5.58 Å². The Balaban J connectivity index is 2.07. The molecule has 0 aliphatic heterocycles. The van der Waals surface area contributed by atoms with E-state index in [2.05, 4.69) is 4.98 Å². The number of nitrogen functional groups attached to an aromatic ring is 1. The van der Waals surface area contributed by atoms with Crippen LogP contribution < -0.4 is 5.73 Å². The number of fused-ring (bicyclic) bond motifs is 1. The molecular weight excluding hydrogens is 232 g/mol. The van der Waals surface area contributed by atoms with Crippen molar-refractivity contribution in [3.63, 3.8) is 0 Å². The van der Waals surface area contributed by atoms with Gasteiger partial charge in [0.25, 0.3) is 6.01 Å². The van der Waals surface area contributed by atoms with E-state index in [1.807, 2.05) is 18.2 Å².